The van der Waals surface area contributed by atoms with Gasteiger partial charge < -0.3 is 20.3 Å². The number of rotatable bonds is 8. The van der Waals surface area contributed by atoms with Crippen LogP contribution >= 0.6 is 0 Å². The van der Waals surface area contributed by atoms with Gasteiger partial charge in [0.2, 0.25) is 0 Å². The quantitative estimate of drug-likeness (QED) is 0.437. The van der Waals surface area contributed by atoms with Gasteiger partial charge in [0.15, 0.2) is 0 Å². The zero-order valence-corrected chi connectivity index (χ0v) is 21.5. The van der Waals surface area contributed by atoms with Crippen LogP contribution in [-0.2, 0) is 13.1 Å². The molecule has 8 heteroatoms. The van der Waals surface area contributed by atoms with Crippen LogP contribution in [0.1, 0.15) is 47.7 Å². The summed E-state index contributed by atoms with van der Waals surface area (Å²) in [6.07, 6.45) is 4.33. The summed E-state index contributed by atoms with van der Waals surface area (Å²) in [5.74, 6) is -0.684. The van der Waals surface area contributed by atoms with Gasteiger partial charge in [0.05, 0.1) is 0 Å². The Kier molecular flexibility index (Phi) is 7.42. The first kappa shape index (κ1) is 25.6. The average molecular weight is 507 g/mol. The van der Waals surface area contributed by atoms with Crippen molar-refractivity contribution in [2.75, 3.05) is 26.2 Å². The summed E-state index contributed by atoms with van der Waals surface area (Å²) in [6.45, 7) is 7.74. The molecule has 2 heterocycles. The summed E-state index contributed by atoms with van der Waals surface area (Å²) in [5.41, 5.74) is 3.11. The fraction of sp³-hybridized carbons (Fsp3) is 0.448. The Labute approximate surface area is 216 Å². The lowest BCUT2D eigenvalue weighted by Crippen LogP contribution is -2.48. The zero-order valence-electron chi connectivity index (χ0n) is 21.5. The maximum absolute atomic E-state index is 14.9. The second kappa shape index (κ2) is 10.7. The Hall–Kier alpha value is -3.07. The van der Waals surface area contributed by atoms with Gasteiger partial charge in [0, 0.05) is 68.6 Å². The van der Waals surface area contributed by atoms with Gasteiger partial charge in [-0.05, 0) is 85.0 Å². The van der Waals surface area contributed by atoms with E-state index in [1.54, 1.807) is 23.6 Å². The topological polar surface area (TPSA) is 86.6 Å². The van der Waals surface area contributed by atoms with E-state index in [1.807, 2.05) is 18.3 Å². The van der Waals surface area contributed by atoms with E-state index < -0.39 is 5.82 Å². The van der Waals surface area contributed by atoms with E-state index in [-0.39, 0.29) is 24.1 Å². The average Bonchev–Trinajstić information content (AvgIpc) is 3.70. The van der Waals surface area contributed by atoms with Crippen molar-refractivity contribution in [1.29, 1.82) is 0 Å². The van der Waals surface area contributed by atoms with Crippen molar-refractivity contribution < 1.29 is 14.3 Å². The SMILES string of the molecule is Cc1c(F)cc(C(=O)NC2CC2)cc1-c1ccc2c(=O)n(CCCO)cc(CN3CCN[C@@H](C)C3)c2c1. The highest BCUT2D eigenvalue weighted by atomic mass is 19.1. The zero-order chi connectivity index (χ0) is 26.1. The lowest BCUT2D eigenvalue weighted by Gasteiger charge is -2.32. The number of carbonyl (C=O) groups excluding carboxylic acids is 1. The van der Waals surface area contributed by atoms with Gasteiger partial charge in [-0.15, -0.1) is 0 Å². The molecule has 196 valence electrons. The van der Waals surface area contributed by atoms with E-state index in [9.17, 15) is 19.1 Å². The molecule has 0 unspecified atom stereocenters. The van der Waals surface area contributed by atoms with Crippen LogP contribution in [0.15, 0.2) is 41.3 Å². The summed E-state index contributed by atoms with van der Waals surface area (Å²) < 4.78 is 16.6. The van der Waals surface area contributed by atoms with Gasteiger partial charge in [-0.1, -0.05) is 6.07 Å². The van der Waals surface area contributed by atoms with Crippen molar-refractivity contribution in [2.45, 2.75) is 58.3 Å². The highest BCUT2D eigenvalue weighted by molar-refractivity contribution is 5.97. The molecule has 1 amide bonds. The van der Waals surface area contributed by atoms with Gasteiger partial charge in [-0.25, -0.2) is 4.39 Å². The van der Waals surface area contributed by atoms with Gasteiger partial charge in [0.1, 0.15) is 5.82 Å². The lowest BCUT2D eigenvalue weighted by atomic mass is 9.94. The standard InChI is InChI=1S/C29H35FN4O3/c1-18-15-33(10-8-31-18)16-22-17-34(9-3-11-35)29(37)24-7-4-20(12-26(22)24)25-13-21(14-27(30)19(25)2)28(36)32-23-5-6-23/h4,7,12-14,17-18,23,31,35H,3,5-6,8-11,15-16H2,1-2H3,(H,32,36)/t18-/m0/s1. The third-order valence-electron chi connectivity index (χ3n) is 7.40. The molecule has 37 heavy (non-hydrogen) atoms. The molecule has 0 bridgehead atoms. The lowest BCUT2D eigenvalue weighted by molar-refractivity contribution is 0.0950. The second-order valence-electron chi connectivity index (χ2n) is 10.5. The second-order valence-corrected chi connectivity index (χ2v) is 10.5. The number of amides is 1. The van der Waals surface area contributed by atoms with Crippen molar-refractivity contribution >= 4 is 16.7 Å². The molecule has 5 rings (SSSR count). The third-order valence-corrected chi connectivity index (χ3v) is 7.40. The molecule has 7 nitrogen and oxygen atoms in total. The summed E-state index contributed by atoms with van der Waals surface area (Å²) >= 11 is 0. The molecule has 2 aliphatic rings. The van der Waals surface area contributed by atoms with E-state index >= 15 is 0 Å². The first-order chi connectivity index (χ1) is 17.8. The first-order valence-corrected chi connectivity index (χ1v) is 13.2. The summed E-state index contributed by atoms with van der Waals surface area (Å²) in [4.78, 5) is 28.3. The largest absolute Gasteiger partial charge is 0.396 e. The minimum absolute atomic E-state index is 0.0174. The van der Waals surface area contributed by atoms with Gasteiger partial charge >= 0.3 is 0 Å². The number of pyridine rings is 1. The number of aliphatic hydroxyl groups is 1. The number of benzene rings is 2. The highest BCUT2D eigenvalue weighted by Gasteiger charge is 2.25. The number of aromatic nitrogens is 1. The fourth-order valence-corrected chi connectivity index (χ4v) is 5.17. The number of nitrogens with one attached hydrogen (secondary N) is 2. The van der Waals surface area contributed by atoms with Crippen LogP contribution in [0.4, 0.5) is 4.39 Å². The van der Waals surface area contributed by atoms with Crippen molar-refractivity contribution in [3.63, 3.8) is 0 Å². The van der Waals surface area contributed by atoms with Crippen LogP contribution in [0.5, 0.6) is 0 Å². The fourth-order valence-electron chi connectivity index (χ4n) is 5.17. The number of aryl methyl sites for hydroxylation is 1. The number of carbonyl (C=O) groups is 1. The minimum atomic E-state index is -0.423. The molecular formula is C29H35FN4O3. The maximum Gasteiger partial charge on any atom is 0.258 e. The van der Waals surface area contributed by atoms with E-state index in [4.69, 9.17) is 0 Å². The van der Waals surface area contributed by atoms with Crippen LogP contribution in [0.25, 0.3) is 21.9 Å². The predicted octanol–water partition coefficient (Wildman–Crippen LogP) is 3.18. The first-order valence-electron chi connectivity index (χ1n) is 13.2. The van der Waals surface area contributed by atoms with Gasteiger partial charge in [-0.3, -0.25) is 14.5 Å². The summed E-state index contributed by atoms with van der Waals surface area (Å²) in [7, 11) is 0. The van der Waals surface area contributed by atoms with E-state index in [2.05, 4.69) is 22.5 Å². The molecule has 1 aliphatic carbocycles. The molecular weight excluding hydrogens is 471 g/mol. The van der Waals surface area contributed by atoms with Crippen LogP contribution in [-0.4, -0.2) is 58.8 Å². The molecule has 3 aromatic rings. The summed E-state index contributed by atoms with van der Waals surface area (Å²) in [6, 6.07) is 9.21. The molecule has 3 N–H and O–H groups in total. The smallest absolute Gasteiger partial charge is 0.258 e. The van der Waals surface area contributed by atoms with Gasteiger partial charge in [0.25, 0.3) is 11.5 Å². The number of aliphatic hydroxyl groups excluding tert-OH is 1. The molecule has 1 saturated heterocycles. The Balaban J connectivity index is 1.59. The number of hydrogen-bond donors (Lipinski definition) is 3. The Morgan fingerprint density at radius 1 is 1.22 bits per heavy atom. The Bertz CT molecular complexity index is 1380. The van der Waals surface area contributed by atoms with E-state index in [1.165, 1.54) is 6.07 Å². The number of hydrogen-bond acceptors (Lipinski definition) is 5. The highest BCUT2D eigenvalue weighted by Crippen LogP contribution is 2.31. The predicted molar refractivity (Wildman–Crippen MR) is 143 cm³/mol. The molecule has 0 spiro atoms. The van der Waals surface area contributed by atoms with E-state index in [0.717, 1.165) is 49.0 Å². The van der Waals surface area contributed by atoms with Crippen LogP contribution < -0.4 is 16.2 Å². The van der Waals surface area contributed by atoms with Crippen LogP contribution in [0.2, 0.25) is 0 Å². The third kappa shape index (κ3) is 5.61. The van der Waals surface area contributed by atoms with Crippen molar-refractivity contribution in [3.8, 4) is 11.1 Å². The Morgan fingerprint density at radius 2 is 2.03 bits per heavy atom. The monoisotopic (exact) mass is 506 g/mol. The summed E-state index contributed by atoms with van der Waals surface area (Å²) in [5, 5.41) is 17.2. The van der Waals surface area contributed by atoms with Crippen molar-refractivity contribution in [3.05, 3.63) is 69.4 Å². The molecule has 2 aromatic carbocycles. The molecule has 1 atom stereocenters. The molecule has 1 aromatic heterocycles. The van der Waals surface area contributed by atoms with Crippen molar-refractivity contribution in [2.24, 2.45) is 0 Å². The number of fused-ring (bicyclic) bond motifs is 1. The van der Waals surface area contributed by atoms with E-state index in [0.29, 0.717) is 47.6 Å². The molecule has 0 radical (unpaired) electrons. The molecule has 2 fully saturated rings. The number of halogens is 1. The number of nitrogens with zero attached hydrogens (tertiary/aromatic N) is 2. The molecule has 1 saturated carbocycles. The van der Waals surface area contributed by atoms with Crippen molar-refractivity contribution in [1.82, 2.24) is 20.1 Å². The number of piperazine rings is 1. The van der Waals surface area contributed by atoms with Crippen LogP contribution in [0.3, 0.4) is 0 Å². The Morgan fingerprint density at radius 3 is 2.76 bits per heavy atom. The van der Waals surface area contributed by atoms with Gasteiger partial charge in [-0.2, -0.15) is 0 Å². The maximum atomic E-state index is 14.9. The molecule has 1 aliphatic heterocycles. The minimum Gasteiger partial charge on any atom is -0.396 e. The normalized spacial score (nSPS) is 18.3. The van der Waals surface area contributed by atoms with Crippen LogP contribution in [0, 0.1) is 12.7 Å².